The fraction of sp³-hybridized carbons (Fsp3) is 0.333. The van der Waals surface area contributed by atoms with Crippen molar-refractivity contribution in [2.75, 3.05) is 47.0 Å². The van der Waals surface area contributed by atoms with Gasteiger partial charge in [-0.15, -0.1) is 0 Å². The molecule has 192 valence electrons. The van der Waals surface area contributed by atoms with E-state index < -0.39 is 57.4 Å². The second kappa shape index (κ2) is 12.9. The first-order valence-electron chi connectivity index (χ1n) is 10.1. The molecule has 0 saturated carbocycles. The Kier molecular flexibility index (Phi) is 10.3. The molecule has 0 fully saturated rings. The lowest BCUT2D eigenvalue weighted by atomic mass is 10.3. The van der Waals surface area contributed by atoms with Gasteiger partial charge in [0.25, 0.3) is 5.91 Å². The van der Waals surface area contributed by atoms with Crippen molar-refractivity contribution in [1.29, 1.82) is 0 Å². The Morgan fingerprint density at radius 1 is 1.06 bits per heavy atom. The first-order valence-corrected chi connectivity index (χ1v) is 11.6. The molecule has 0 aliphatic rings. The Bertz CT molecular complexity index is 1100. The largest absolute Gasteiger partial charge is 0.451 e. The van der Waals surface area contributed by atoms with Crippen LogP contribution in [0.4, 0.5) is 13.6 Å². The zero-order chi connectivity index (χ0) is 26.0. The third kappa shape index (κ3) is 7.85. The molecule has 2 aromatic rings. The molecule has 0 atom stereocenters. The first-order chi connectivity index (χ1) is 16.6. The van der Waals surface area contributed by atoms with Gasteiger partial charge in [-0.25, -0.2) is 27.5 Å². The number of amides is 2. The number of para-hydroxylation sites is 1. The molecule has 0 bridgehead atoms. The van der Waals surface area contributed by atoms with Crippen LogP contribution in [0.15, 0.2) is 47.4 Å². The van der Waals surface area contributed by atoms with Crippen LogP contribution in [0, 0.1) is 11.6 Å². The van der Waals surface area contributed by atoms with Gasteiger partial charge in [-0.05, 0) is 24.3 Å². The molecular formula is C21H25F2N3O8S. The molecule has 0 aliphatic heterocycles. The van der Waals surface area contributed by atoms with Crippen LogP contribution in [0.3, 0.4) is 0 Å². The highest BCUT2D eigenvalue weighted by Crippen LogP contribution is 2.30. The molecule has 2 N–H and O–H groups in total. The van der Waals surface area contributed by atoms with Gasteiger partial charge < -0.3 is 19.1 Å². The Morgan fingerprint density at radius 2 is 1.69 bits per heavy atom. The number of rotatable bonds is 12. The fourth-order valence-electron chi connectivity index (χ4n) is 2.69. The summed E-state index contributed by atoms with van der Waals surface area (Å²) >= 11 is 0. The summed E-state index contributed by atoms with van der Waals surface area (Å²) in [4.78, 5) is 23.9. The van der Waals surface area contributed by atoms with Gasteiger partial charge in [0.05, 0.1) is 18.0 Å². The van der Waals surface area contributed by atoms with Crippen molar-refractivity contribution in [3.63, 3.8) is 0 Å². The molecule has 0 unspecified atom stereocenters. The second-order valence-electron chi connectivity index (χ2n) is 7.03. The summed E-state index contributed by atoms with van der Waals surface area (Å²) in [5.41, 5.74) is 1.29. The van der Waals surface area contributed by atoms with E-state index in [2.05, 4.69) is 0 Å². The fourth-order valence-corrected chi connectivity index (χ4v) is 4.11. The molecule has 0 aromatic heterocycles. The SMILES string of the molecule is COCCOC(=O)N(C)CCN(CC(=O)NO)S(=O)(=O)c1cc(F)c(Oc2ccccc2)c(F)c1. The Hall–Kier alpha value is -3.33. The van der Waals surface area contributed by atoms with Gasteiger partial charge in [-0.1, -0.05) is 18.2 Å². The predicted molar refractivity (Wildman–Crippen MR) is 117 cm³/mol. The van der Waals surface area contributed by atoms with Gasteiger partial charge in [0.15, 0.2) is 17.4 Å². The molecule has 0 aliphatic carbocycles. The van der Waals surface area contributed by atoms with Crippen LogP contribution in [-0.2, 0) is 24.3 Å². The van der Waals surface area contributed by atoms with Crippen molar-refractivity contribution in [3.05, 3.63) is 54.1 Å². The average Bonchev–Trinajstić information content (AvgIpc) is 2.83. The van der Waals surface area contributed by atoms with Crippen molar-refractivity contribution < 1.29 is 46.2 Å². The van der Waals surface area contributed by atoms with Crippen molar-refractivity contribution in [1.82, 2.24) is 14.7 Å². The van der Waals surface area contributed by atoms with Crippen molar-refractivity contribution in [3.8, 4) is 11.5 Å². The molecular weight excluding hydrogens is 492 g/mol. The summed E-state index contributed by atoms with van der Waals surface area (Å²) in [6, 6.07) is 8.83. The van der Waals surface area contributed by atoms with Crippen molar-refractivity contribution in [2.45, 2.75) is 4.90 Å². The standard InChI is InChI=1S/C21H25F2N3O8S/c1-25(21(28)33-11-10-32-2)8-9-26(14-19(27)24-29)35(30,31)16-12-17(22)20(18(23)13-16)34-15-6-4-3-5-7-15/h3-7,12-13,29H,8-11,14H2,1-2H3,(H,24,27). The zero-order valence-electron chi connectivity index (χ0n) is 18.9. The average molecular weight is 518 g/mol. The summed E-state index contributed by atoms with van der Waals surface area (Å²) in [6.07, 6.45) is -0.787. The lowest BCUT2D eigenvalue weighted by molar-refractivity contribution is -0.129. The number of carbonyl (C=O) groups is 2. The van der Waals surface area contributed by atoms with E-state index in [-0.39, 0.29) is 25.5 Å². The molecule has 0 saturated heterocycles. The number of hydroxylamine groups is 1. The minimum atomic E-state index is -4.66. The van der Waals surface area contributed by atoms with Gasteiger partial charge in [-0.2, -0.15) is 4.31 Å². The Morgan fingerprint density at radius 3 is 2.26 bits per heavy atom. The highest BCUT2D eigenvalue weighted by molar-refractivity contribution is 7.89. The van der Waals surface area contributed by atoms with E-state index in [1.54, 1.807) is 18.2 Å². The number of hydrogen-bond acceptors (Lipinski definition) is 8. The number of benzene rings is 2. The maximum absolute atomic E-state index is 14.6. The topological polar surface area (TPSA) is 135 Å². The van der Waals surface area contributed by atoms with E-state index in [0.29, 0.717) is 16.4 Å². The zero-order valence-corrected chi connectivity index (χ0v) is 19.8. The number of nitrogens with zero attached hydrogens (tertiary/aromatic N) is 2. The quantitative estimate of drug-likeness (QED) is 0.248. The van der Waals surface area contributed by atoms with Crippen LogP contribution in [0.2, 0.25) is 0 Å². The van der Waals surface area contributed by atoms with Crippen LogP contribution < -0.4 is 10.2 Å². The van der Waals surface area contributed by atoms with Crippen LogP contribution >= 0.6 is 0 Å². The van der Waals surface area contributed by atoms with E-state index >= 15 is 0 Å². The number of sulfonamides is 1. The number of hydrogen-bond donors (Lipinski definition) is 2. The third-order valence-corrected chi connectivity index (χ3v) is 6.35. The van der Waals surface area contributed by atoms with Gasteiger partial charge in [0.1, 0.15) is 12.4 Å². The van der Waals surface area contributed by atoms with Crippen molar-refractivity contribution in [2.24, 2.45) is 0 Å². The van der Waals surface area contributed by atoms with Gasteiger partial charge in [0.2, 0.25) is 10.0 Å². The molecule has 0 radical (unpaired) electrons. The molecule has 14 heteroatoms. The minimum Gasteiger partial charge on any atom is -0.451 e. The second-order valence-corrected chi connectivity index (χ2v) is 8.97. The Labute approximate surface area is 200 Å². The van der Waals surface area contributed by atoms with Crippen LogP contribution in [0.1, 0.15) is 0 Å². The smallest absolute Gasteiger partial charge is 0.409 e. The number of nitrogens with one attached hydrogen (secondary N) is 1. The summed E-state index contributed by atoms with van der Waals surface area (Å²) in [5, 5.41) is 8.82. The van der Waals surface area contributed by atoms with E-state index in [4.69, 9.17) is 19.4 Å². The maximum Gasteiger partial charge on any atom is 0.409 e. The van der Waals surface area contributed by atoms with Gasteiger partial charge in [-0.3, -0.25) is 10.0 Å². The monoisotopic (exact) mass is 517 g/mol. The number of ether oxygens (including phenoxy) is 3. The van der Waals surface area contributed by atoms with E-state index in [1.807, 2.05) is 0 Å². The third-order valence-electron chi connectivity index (χ3n) is 4.53. The summed E-state index contributed by atoms with van der Waals surface area (Å²) in [7, 11) is -1.92. The van der Waals surface area contributed by atoms with E-state index in [0.717, 1.165) is 4.90 Å². The predicted octanol–water partition coefficient (Wildman–Crippen LogP) is 1.97. The number of halogens is 2. The van der Waals surface area contributed by atoms with E-state index in [9.17, 15) is 26.8 Å². The van der Waals surface area contributed by atoms with Crippen molar-refractivity contribution >= 4 is 22.0 Å². The first kappa shape index (κ1) is 27.9. The molecule has 0 spiro atoms. The van der Waals surface area contributed by atoms with Crippen LogP contribution in [0.25, 0.3) is 0 Å². The van der Waals surface area contributed by atoms with E-state index in [1.165, 1.54) is 31.8 Å². The molecule has 35 heavy (non-hydrogen) atoms. The van der Waals surface area contributed by atoms with Gasteiger partial charge in [0, 0.05) is 27.2 Å². The highest BCUT2D eigenvalue weighted by atomic mass is 32.2. The number of methoxy groups -OCH3 is 1. The Balaban J connectivity index is 2.25. The lowest BCUT2D eigenvalue weighted by Gasteiger charge is -2.24. The van der Waals surface area contributed by atoms with Crippen LogP contribution in [0.5, 0.6) is 11.5 Å². The highest BCUT2D eigenvalue weighted by Gasteiger charge is 2.30. The molecule has 0 heterocycles. The van der Waals surface area contributed by atoms with Gasteiger partial charge >= 0.3 is 6.09 Å². The lowest BCUT2D eigenvalue weighted by Crippen LogP contribution is -2.44. The maximum atomic E-state index is 14.6. The molecule has 2 rings (SSSR count). The number of likely N-dealkylation sites (N-methyl/N-ethyl adjacent to an activating group) is 1. The minimum absolute atomic E-state index is 0.0371. The molecule has 2 amide bonds. The molecule has 2 aromatic carbocycles. The number of carbonyl (C=O) groups excluding carboxylic acids is 2. The van der Waals surface area contributed by atoms with Crippen LogP contribution in [-0.4, -0.2) is 81.8 Å². The molecule has 11 nitrogen and oxygen atoms in total. The summed E-state index contributed by atoms with van der Waals surface area (Å²) < 4.78 is 70.8. The normalized spacial score (nSPS) is 11.3. The summed E-state index contributed by atoms with van der Waals surface area (Å²) in [5.74, 6) is -4.38. The summed E-state index contributed by atoms with van der Waals surface area (Å²) in [6.45, 7) is -1.49.